The summed E-state index contributed by atoms with van der Waals surface area (Å²) in [5, 5.41) is 4.97. The SMILES string of the molecule is CCNC(=O)Nc1ccc(C(F)(F)F)cc1C. The largest absolute Gasteiger partial charge is 0.416 e. The van der Waals surface area contributed by atoms with Crippen molar-refractivity contribution < 1.29 is 18.0 Å². The van der Waals surface area contributed by atoms with Crippen molar-refractivity contribution in [3.05, 3.63) is 29.3 Å². The second kappa shape index (κ2) is 5.07. The minimum absolute atomic E-state index is 0.365. The molecule has 0 aliphatic heterocycles. The van der Waals surface area contributed by atoms with Crippen LogP contribution < -0.4 is 10.6 Å². The number of hydrogen-bond donors (Lipinski definition) is 2. The van der Waals surface area contributed by atoms with E-state index in [4.69, 9.17) is 0 Å². The number of benzene rings is 1. The summed E-state index contributed by atoms with van der Waals surface area (Å²) in [4.78, 5) is 11.2. The molecule has 1 aromatic rings. The summed E-state index contributed by atoms with van der Waals surface area (Å²) in [6.07, 6.45) is -4.37. The molecule has 0 spiro atoms. The van der Waals surface area contributed by atoms with Crippen molar-refractivity contribution in [3.63, 3.8) is 0 Å². The Labute approximate surface area is 97.0 Å². The van der Waals surface area contributed by atoms with Gasteiger partial charge in [0.2, 0.25) is 0 Å². The monoisotopic (exact) mass is 246 g/mol. The molecular formula is C11H13F3N2O. The van der Waals surface area contributed by atoms with Crippen LogP contribution in [-0.4, -0.2) is 12.6 Å². The molecule has 17 heavy (non-hydrogen) atoms. The van der Waals surface area contributed by atoms with E-state index in [1.807, 2.05) is 0 Å². The first-order chi connectivity index (χ1) is 7.84. The molecule has 0 aliphatic rings. The van der Waals surface area contributed by atoms with Crippen molar-refractivity contribution in [2.24, 2.45) is 0 Å². The van der Waals surface area contributed by atoms with E-state index in [0.717, 1.165) is 12.1 Å². The second-order valence-electron chi connectivity index (χ2n) is 3.51. The average molecular weight is 246 g/mol. The highest BCUT2D eigenvalue weighted by atomic mass is 19.4. The first-order valence-electron chi connectivity index (χ1n) is 5.07. The third kappa shape index (κ3) is 3.65. The van der Waals surface area contributed by atoms with Crippen molar-refractivity contribution in [2.45, 2.75) is 20.0 Å². The molecule has 2 N–H and O–H groups in total. The molecule has 0 saturated heterocycles. The minimum Gasteiger partial charge on any atom is -0.338 e. The molecule has 6 heteroatoms. The number of amides is 2. The maximum Gasteiger partial charge on any atom is 0.416 e. The van der Waals surface area contributed by atoms with Gasteiger partial charge in [0.1, 0.15) is 0 Å². The van der Waals surface area contributed by atoms with Gasteiger partial charge >= 0.3 is 12.2 Å². The number of anilines is 1. The van der Waals surface area contributed by atoms with Gasteiger partial charge in [0, 0.05) is 12.2 Å². The zero-order chi connectivity index (χ0) is 13.1. The van der Waals surface area contributed by atoms with Gasteiger partial charge in [0.15, 0.2) is 0 Å². The molecule has 0 aliphatic carbocycles. The van der Waals surface area contributed by atoms with Gasteiger partial charge in [-0.3, -0.25) is 0 Å². The normalized spacial score (nSPS) is 11.1. The Morgan fingerprint density at radius 3 is 2.47 bits per heavy atom. The molecule has 0 fully saturated rings. The van der Waals surface area contributed by atoms with Gasteiger partial charge in [-0.15, -0.1) is 0 Å². The summed E-state index contributed by atoms with van der Waals surface area (Å²) in [5.74, 6) is 0. The van der Waals surface area contributed by atoms with Crippen LogP contribution >= 0.6 is 0 Å². The molecule has 2 amide bonds. The number of nitrogens with one attached hydrogen (secondary N) is 2. The van der Waals surface area contributed by atoms with Crippen molar-refractivity contribution in [2.75, 3.05) is 11.9 Å². The fraction of sp³-hybridized carbons (Fsp3) is 0.364. The average Bonchev–Trinajstić information content (AvgIpc) is 2.20. The number of carbonyl (C=O) groups is 1. The van der Waals surface area contributed by atoms with Crippen LogP contribution in [0.5, 0.6) is 0 Å². The number of hydrogen-bond acceptors (Lipinski definition) is 1. The molecule has 94 valence electrons. The Morgan fingerprint density at radius 2 is 2.00 bits per heavy atom. The van der Waals surface area contributed by atoms with E-state index in [9.17, 15) is 18.0 Å². The van der Waals surface area contributed by atoms with Gasteiger partial charge in [-0.05, 0) is 37.6 Å². The van der Waals surface area contributed by atoms with Crippen LogP contribution in [-0.2, 0) is 6.18 Å². The summed E-state index contributed by atoms with van der Waals surface area (Å²) < 4.78 is 37.1. The van der Waals surface area contributed by atoms with Crippen LogP contribution in [0.1, 0.15) is 18.1 Å². The van der Waals surface area contributed by atoms with Crippen LogP contribution in [0.4, 0.5) is 23.7 Å². The minimum atomic E-state index is -4.37. The maximum absolute atomic E-state index is 12.4. The lowest BCUT2D eigenvalue weighted by atomic mass is 10.1. The zero-order valence-electron chi connectivity index (χ0n) is 9.48. The molecule has 1 aromatic carbocycles. The molecule has 0 radical (unpaired) electrons. The van der Waals surface area contributed by atoms with Crippen molar-refractivity contribution in [3.8, 4) is 0 Å². The lowest BCUT2D eigenvalue weighted by Crippen LogP contribution is -2.28. The van der Waals surface area contributed by atoms with E-state index < -0.39 is 17.8 Å². The van der Waals surface area contributed by atoms with Gasteiger partial charge in [0.25, 0.3) is 0 Å². The second-order valence-corrected chi connectivity index (χ2v) is 3.51. The van der Waals surface area contributed by atoms with E-state index in [-0.39, 0.29) is 0 Å². The van der Waals surface area contributed by atoms with Crippen LogP contribution in [0.15, 0.2) is 18.2 Å². The van der Waals surface area contributed by atoms with Gasteiger partial charge in [-0.25, -0.2) is 4.79 Å². The number of carbonyl (C=O) groups excluding carboxylic acids is 1. The first kappa shape index (κ1) is 13.3. The Morgan fingerprint density at radius 1 is 1.35 bits per heavy atom. The molecule has 0 atom stereocenters. The number of urea groups is 1. The summed E-state index contributed by atoms with van der Waals surface area (Å²) in [7, 11) is 0. The Balaban J connectivity index is 2.87. The van der Waals surface area contributed by atoms with Gasteiger partial charge in [-0.1, -0.05) is 0 Å². The lowest BCUT2D eigenvalue weighted by Gasteiger charge is -2.12. The van der Waals surface area contributed by atoms with Crippen LogP contribution in [0, 0.1) is 6.92 Å². The van der Waals surface area contributed by atoms with E-state index in [1.165, 1.54) is 13.0 Å². The standard InChI is InChI=1S/C11H13F3N2O/c1-3-15-10(17)16-9-5-4-8(6-7(9)2)11(12,13)14/h4-6H,3H2,1-2H3,(H2,15,16,17). The third-order valence-corrected chi connectivity index (χ3v) is 2.14. The Bertz CT molecular complexity index is 416. The van der Waals surface area contributed by atoms with E-state index in [1.54, 1.807) is 6.92 Å². The zero-order valence-corrected chi connectivity index (χ0v) is 9.48. The number of alkyl halides is 3. The maximum atomic E-state index is 12.4. The molecule has 0 aromatic heterocycles. The van der Waals surface area contributed by atoms with E-state index in [0.29, 0.717) is 17.8 Å². The molecule has 0 unspecified atom stereocenters. The molecule has 0 heterocycles. The predicted molar refractivity (Wildman–Crippen MR) is 58.9 cm³/mol. The van der Waals surface area contributed by atoms with E-state index in [2.05, 4.69) is 10.6 Å². The highest BCUT2D eigenvalue weighted by Crippen LogP contribution is 2.31. The van der Waals surface area contributed by atoms with Crippen molar-refractivity contribution >= 4 is 11.7 Å². The first-order valence-corrected chi connectivity index (χ1v) is 5.07. The van der Waals surface area contributed by atoms with Crippen LogP contribution in [0.3, 0.4) is 0 Å². The van der Waals surface area contributed by atoms with Crippen LogP contribution in [0.25, 0.3) is 0 Å². The topological polar surface area (TPSA) is 41.1 Å². The third-order valence-electron chi connectivity index (χ3n) is 2.14. The highest BCUT2D eigenvalue weighted by molar-refractivity contribution is 5.90. The summed E-state index contributed by atoms with van der Waals surface area (Å²) in [6.45, 7) is 3.71. The van der Waals surface area contributed by atoms with Crippen molar-refractivity contribution in [1.29, 1.82) is 0 Å². The molecule has 0 bridgehead atoms. The van der Waals surface area contributed by atoms with Gasteiger partial charge in [0.05, 0.1) is 5.56 Å². The van der Waals surface area contributed by atoms with E-state index >= 15 is 0 Å². The summed E-state index contributed by atoms with van der Waals surface area (Å²) in [5.41, 5.74) is 0.00600. The molecule has 0 saturated carbocycles. The number of halogens is 3. The quantitative estimate of drug-likeness (QED) is 0.826. The highest BCUT2D eigenvalue weighted by Gasteiger charge is 2.30. The number of rotatable bonds is 2. The molecular weight excluding hydrogens is 233 g/mol. The molecule has 3 nitrogen and oxygen atoms in total. The molecule has 1 rings (SSSR count). The van der Waals surface area contributed by atoms with Crippen LogP contribution in [0.2, 0.25) is 0 Å². The summed E-state index contributed by atoms with van der Waals surface area (Å²) in [6, 6.07) is 2.75. The fourth-order valence-corrected chi connectivity index (χ4v) is 1.31. The lowest BCUT2D eigenvalue weighted by molar-refractivity contribution is -0.137. The van der Waals surface area contributed by atoms with Gasteiger partial charge in [-0.2, -0.15) is 13.2 Å². The predicted octanol–water partition coefficient (Wildman–Crippen LogP) is 3.16. The summed E-state index contributed by atoms with van der Waals surface area (Å²) >= 11 is 0. The number of aryl methyl sites for hydroxylation is 1. The Kier molecular flexibility index (Phi) is 3.98. The smallest absolute Gasteiger partial charge is 0.338 e. The van der Waals surface area contributed by atoms with Crippen molar-refractivity contribution in [1.82, 2.24) is 5.32 Å². The van der Waals surface area contributed by atoms with Gasteiger partial charge < -0.3 is 10.6 Å². The fourth-order valence-electron chi connectivity index (χ4n) is 1.31. The Hall–Kier alpha value is -1.72.